The summed E-state index contributed by atoms with van der Waals surface area (Å²) in [4.78, 5) is 32.5. The van der Waals surface area contributed by atoms with Crippen LogP contribution in [0.25, 0.3) is 16.7 Å². The summed E-state index contributed by atoms with van der Waals surface area (Å²) < 4.78 is 23.0. The molecule has 0 spiro atoms. The highest BCUT2D eigenvalue weighted by atomic mass is 19.1. The van der Waals surface area contributed by atoms with Crippen molar-refractivity contribution in [3.05, 3.63) is 85.0 Å². The van der Waals surface area contributed by atoms with Crippen LogP contribution in [-0.4, -0.2) is 52.4 Å². The molecule has 6 heterocycles. The Kier molecular flexibility index (Phi) is 6.06. The Hall–Kier alpha value is -4.93. The van der Waals surface area contributed by atoms with E-state index in [0.717, 1.165) is 36.9 Å². The van der Waals surface area contributed by atoms with Crippen LogP contribution >= 0.6 is 0 Å². The van der Waals surface area contributed by atoms with E-state index in [2.05, 4.69) is 31.9 Å². The molecule has 1 amide bonds. The number of nitrogens with one attached hydrogen (secondary N) is 1. The molecule has 0 unspecified atom stereocenters. The predicted octanol–water partition coefficient (Wildman–Crippen LogP) is 5.47. The summed E-state index contributed by atoms with van der Waals surface area (Å²) in [6.45, 7) is 5.54. The Balaban J connectivity index is 1.18. The molecule has 3 atom stereocenters. The lowest BCUT2D eigenvalue weighted by Crippen LogP contribution is -2.44. The molecule has 41 heavy (non-hydrogen) atoms. The Labute approximate surface area is 234 Å². The molecule has 2 bridgehead atoms. The van der Waals surface area contributed by atoms with E-state index in [9.17, 15) is 4.79 Å². The number of pyridine rings is 2. The molecule has 10 nitrogen and oxygen atoms in total. The van der Waals surface area contributed by atoms with Crippen LogP contribution < -0.4 is 10.1 Å². The Morgan fingerprint density at radius 3 is 2.93 bits per heavy atom. The second-order valence-electron chi connectivity index (χ2n) is 10.5. The molecule has 11 heteroatoms. The van der Waals surface area contributed by atoms with Crippen molar-refractivity contribution in [1.29, 1.82) is 0 Å². The number of aryl methyl sites for hydroxylation is 1. The number of halogens is 1. The maximum absolute atomic E-state index is 15.4. The van der Waals surface area contributed by atoms with Gasteiger partial charge in [0.25, 0.3) is 0 Å². The topological polar surface area (TPSA) is 110 Å². The van der Waals surface area contributed by atoms with Crippen LogP contribution in [0.2, 0.25) is 0 Å². The minimum absolute atomic E-state index is 0.0222. The number of amides is 1. The molecule has 2 aliphatic heterocycles. The number of carbonyl (C=O) groups is 1. The summed E-state index contributed by atoms with van der Waals surface area (Å²) in [5.74, 6) is 0.899. The monoisotopic (exact) mass is 550 g/mol. The minimum atomic E-state index is -0.500. The summed E-state index contributed by atoms with van der Waals surface area (Å²) in [5, 5.41) is 7.20. The third-order valence-electron chi connectivity index (χ3n) is 8.09. The second kappa shape index (κ2) is 9.92. The van der Waals surface area contributed by atoms with Gasteiger partial charge in [-0.05, 0) is 68.5 Å². The van der Waals surface area contributed by atoms with Crippen LogP contribution in [-0.2, 0) is 4.79 Å². The third-order valence-corrected chi connectivity index (χ3v) is 8.09. The number of rotatable bonds is 6. The lowest BCUT2D eigenvalue weighted by Gasteiger charge is -2.35. The highest BCUT2D eigenvalue weighted by molar-refractivity contribution is 5.88. The summed E-state index contributed by atoms with van der Waals surface area (Å²) in [6, 6.07) is 10.7. The fraction of sp³-hybridized carbons (Fsp3) is 0.267. The molecule has 5 aromatic rings. The molecule has 2 saturated heterocycles. The molecule has 2 aliphatic rings. The van der Waals surface area contributed by atoms with Gasteiger partial charge >= 0.3 is 0 Å². The smallest absolute Gasteiger partial charge is 0.246 e. The van der Waals surface area contributed by atoms with Crippen LogP contribution in [0.3, 0.4) is 0 Å². The van der Waals surface area contributed by atoms with Crippen molar-refractivity contribution in [2.24, 2.45) is 0 Å². The molecule has 206 valence electrons. The second-order valence-corrected chi connectivity index (χ2v) is 10.5. The van der Waals surface area contributed by atoms with Crippen molar-refractivity contribution in [3.63, 3.8) is 0 Å². The summed E-state index contributed by atoms with van der Waals surface area (Å²) >= 11 is 0. The molecular weight excluding hydrogens is 523 g/mol. The van der Waals surface area contributed by atoms with E-state index in [1.807, 2.05) is 24.0 Å². The normalized spacial score (nSPS) is 20.0. The number of nitrogens with zero attached hydrogens (tertiary/aromatic N) is 7. The van der Waals surface area contributed by atoms with Crippen molar-refractivity contribution < 1.29 is 13.9 Å². The van der Waals surface area contributed by atoms with E-state index in [-0.39, 0.29) is 29.6 Å². The standard InChI is InChI=1S/C30H27FN8O2/c1-3-28(40)39-18-5-4-6-25(39)20(12-18)22-7-8-23-29(36-22)30(34-15-32-23)37-24-11-17(2)26(14-21(24)31)41-19-9-10-38-27(13-19)33-16-35-38/h3,7-11,13-16,18,20,25H,1,4-6,12H2,2H3,(H,32,34,37)/t18-,20-,25+/m1/s1. The fourth-order valence-electron chi connectivity index (χ4n) is 6.19. The molecule has 7 rings (SSSR count). The van der Waals surface area contributed by atoms with Gasteiger partial charge in [0, 0.05) is 42.0 Å². The van der Waals surface area contributed by atoms with E-state index in [0.29, 0.717) is 34.0 Å². The number of anilines is 2. The zero-order valence-electron chi connectivity index (χ0n) is 22.4. The maximum Gasteiger partial charge on any atom is 0.246 e. The molecule has 0 radical (unpaired) electrons. The van der Waals surface area contributed by atoms with Gasteiger partial charge in [0.2, 0.25) is 5.91 Å². The molecule has 2 fully saturated rings. The first-order chi connectivity index (χ1) is 20.0. The first kappa shape index (κ1) is 25.1. The molecule has 0 aliphatic carbocycles. The van der Waals surface area contributed by atoms with Crippen molar-refractivity contribution in [1.82, 2.24) is 34.4 Å². The Bertz CT molecular complexity index is 1820. The van der Waals surface area contributed by atoms with Crippen LogP contribution in [0.5, 0.6) is 11.5 Å². The van der Waals surface area contributed by atoms with Gasteiger partial charge in [-0.1, -0.05) is 6.58 Å². The summed E-state index contributed by atoms with van der Waals surface area (Å²) in [7, 11) is 0. The lowest BCUT2D eigenvalue weighted by atomic mass is 9.93. The zero-order valence-corrected chi connectivity index (χ0v) is 22.4. The van der Waals surface area contributed by atoms with Gasteiger partial charge in [0.05, 0.1) is 11.2 Å². The molecule has 1 N–H and O–H groups in total. The number of aromatic nitrogens is 6. The number of hydrogen-bond acceptors (Lipinski definition) is 8. The van der Waals surface area contributed by atoms with Crippen molar-refractivity contribution in [2.45, 2.75) is 50.6 Å². The first-order valence-corrected chi connectivity index (χ1v) is 13.6. The van der Waals surface area contributed by atoms with E-state index < -0.39 is 5.82 Å². The van der Waals surface area contributed by atoms with E-state index in [4.69, 9.17) is 9.72 Å². The Morgan fingerprint density at radius 1 is 1.15 bits per heavy atom. The van der Waals surface area contributed by atoms with Crippen molar-refractivity contribution in [3.8, 4) is 11.5 Å². The number of fused-ring (bicyclic) bond motifs is 4. The number of ether oxygens (including phenoxy) is 1. The van der Waals surface area contributed by atoms with Crippen molar-refractivity contribution >= 4 is 34.1 Å². The maximum atomic E-state index is 15.4. The van der Waals surface area contributed by atoms with Gasteiger partial charge in [0.1, 0.15) is 35.5 Å². The average molecular weight is 551 g/mol. The van der Waals surface area contributed by atoms with E-state index >= 15 is 4.39 Å². The van der Waals surface area contributed by atoms with Crippen LogP contribution in [0.1, 0.15) is 42.9 Å². The summed E-state index contributed by atoms with van der Waals surface area (Å²) in [5.41, 5.74) is 3.68. The highest BCUT2D eigenvalue weighted by Crippen LogP contribution is 2.45. The van der Waals surface area contributed by atoms with Gasteiger partial charge in [-0.15, -0.1) is 0 Å². The summed E-state index contributed by atoms with van der Waals surface area (Å²) in [6.07, 6.45) is 9.89. The van der Waals surface area contributed by atoms with Crippen LogP contribution in [0.15, 0.2) is 67.9 Å². The van der Waals surface area contributed by atoms with Gasteiger partial charge in [-0.2, -0.15) is 5.10 Å². The van der Waals surface area contributed by atoms with Crippen molar-refractivity contribution in [2.75, 3.05) is 5.32 Å². The molecule has 4 aromatic heterocycles. The van der Waals surface area contributed by atoms with E-state index in [1.165, 1.54) is 24.8 Å². The molecule has 0 saturated carbocycles. The number of hydrogen-bond donors (Lipinski definition) is 1. The Morgan fingerprint density at radius 2 is 2.05 bits per heavy atom. The zero-order chi connectivity index (χ0) is 28.1. The fourth-order valence-corrected chi connectivity index (χ4v) is 6.19. The quantitative estimate of drug-likeness (QED) is 0.277. The first-order valence-electron chi connectivity index (χ1n) is 13.6. The largest absolute Gasteiger partial charge is 0.457 e. The SMILES string of the molecule is C=CC(=O)N1[C@@H]2CCC[C@H]1[C@@H](c1ccc3ncnc(Nc4cc(C)c(Oc5ccn6ncnc6c5)cc4F)c3n1)C2. The van der Waals surface area contributed by atoms with Gasteiger partial charge in [-0.25, -0.2) is 28.8 Å². The number of benzene rings is 1. The number of carbonyl (C=O) groups excluding carboxylic acids is 1. The van der Waals surface area contributed by atoms with Crippen LogP contribution in [0.4, 0.5) is 15.9 Å². The number of piperidine rings is 1. The average Bonchev–Trinajstić information content (AvgIpc) is 3.54. The third kappa shape index (κ3) is 4.43. The molecule has 1 aromatic carbocycles. The van der Waals surface area contributed by atoms with E-state index in [1.54, 1.807) is 28.9 Å². The minimum Gasteiger partial charge on any atom is -0.457 e. The predicted molar refractivity (Wildman–Crippen MR) is 151 cm³/mol. The van der Waals surface area contributed by atoms with Gasteiger partial charge in [-0.3, -0.25) is 4.79 Å². The molecular formula is C30H27FN8O2. The highest BCUT2D eigenvalue weighted by Gasteiger charge is 2.46. The van der Waals surface area contributed by atoms with Gasteiger partial charge < -0.3 is 15.0 Å². The van der Waals surface area contributed by atoms with Gasteiger partial charge in [0.15, 0.2) is 11.5 Å². The lowest BCUT2D eigenvalue weighted by molar-refractivity contribution is -0.130. The van der Waals surface area contributed by atoms with Crippen LogP contribution in [0, 0.1) is 12.7 Å².